The number of amides is 1. The number of hydrogen-bond acceptors (Lipinski definition) is 4. The molecule has 0 saturated heterocycles. The van der Waals surface area contributed by atoms with Crippen molar-refractivity contribution >= 4 is 5.91 Å². The van der Waals surface area contributed by atoms with E-state index in [0.717, 1.165) is 0 Å². The summed E-state index contributed by atoms with van der Waals surface area (Å²) in [5.41, 5.74) is -0.0626. The Balaban J connectivity index is 3.51. The highest BCUT2D eigenvalue weighted by molar-refractivity contribution is 5.78. The first kappa shape index (κ1) is 15.3. The van der Waals surface area contributed by atoms with Crippen molar-refractivity contribution in [3.8, 4) is 0 Å². The van der Waals surface area contributed by atoms with Crippen LogP contribution in [-0.4, -0.2) is 49.5 Å². The Bertz CT molecular complexity index is 202. The molecule has 0 fully saturated rings. The zero-order valence-electron chi connectivity index (χ0n) is 10.7. The minimum Gasteiger partial charge on any atom is -0.391 e. The summed E-state index contributed by atoms with van der Waals surface area (Å²) in [4.78, 5) is 11.3. The minimum atomic E-state index is -0.513. The van der Waals surface area contributed by atoms with Gasteiger partial charge >= 0.3 is 0 Å². The minimum absolute atomic E-state index is 0.0560. The van der Waals surface area contributed by atoms with Gasteiger partial charge in [0.2, 0.25) is 5.91 Å². The number of aliphatic hydroxyl groups is 1. The maximum atomic E-state index is 11.3. The summed E-state index contributed by atoms with van der Waals surface area (Å²) in [5, 5.41) is 15.1. The Morgan fingerprint density at radius 1 is 1.44 bits per heavy atom. The highest BCUT2D eigenvalue weighted by Crippen LogP contribution is 1.96. The van der Waals surface area contributed by atoms with Gasteiger partial charge in [0.1, 0.15) is 0 Å². The molecular weight excluding hydrogens is 208 g/mol. The quantitative estimate of drug-likeness (QED) is 0.573. The molecule has 0 heterocycles. The molecule has 3 N–H and O–H groups in total. The van der Waals surface area contributed by atoms with Crippen LogP contribution in [0.25, 0.3) is 0 Å². The summed E-state index contributed by atoms with van der Waals surface area (Å²) in [6.45, 7) is 7.07. The normalized spacial score (nSPS) is 13.6. The van der Waals surface area contributed by atoms with Crippen molar-refractivity contribution < 1.29 is 14.6 Å². The van der Waals surface area contributed by atoms with Crippen molar-refractivity contribution in [1.29, 1.82) is 0 Å². The lowest BCUT2D eigenvalue weighted by molar-refractivity contribution is -0.120. The zero-order chi connectivity index (χ0) is 12.6. The molecule has 0 aliphatic carbocycles. The van der Waals surface area contributed by atoms with Crippen molar-refractivity contribution in [2.75, 3.05) is 26.8 Å². The molecule has 16 heavy (non-hydrogen) atoms. The molecule has 1 unspecified atom stereocenters. The van der Waals surface area contributed by atoms with E-state index in [4.69, 9.17) is 4.74 Å². The van der Waals surface area contributed by atoms with E-state index in [1.807, 2.05) is 20.8 Å². The molecule has 1 amide bonds. The van der Waals surface area contributed by atoms with Crippen LogP contribution in [0.15, 0.2) is 0 Å². The standard InChI is InChI=1S/C11H24N2O3/c1-11(2,3)13-7-10(15)12-6-5-9(14)8-16-4/h9,13-14H,5-8H2,1-4H3,(H,12,15). The molecule has 0 aliphatic rings. The highest BCUT2D eigenvalue weighted by atomic mass is 16.5. The number of nitrogens with one attached hydrogen (secondary N) is 2. The lowest BCUT2D eigenvalue weighted by Crippen LogP contribution is -2.43. The van der Waals surface area contributed by atoms with E-state index in [9.17, 15) is 9.90 Å². The first-order valence-electron chi connectivity index (χ1n) is 5.54. The molecule has 0 radical (unpaired) electrons. The fourth-order valence-corrected chi connectivity index (χ4v) is 1.06. The number of aliphatic hydroxyl groups excluding tert-OH is 1. The van der Waals surface area contributed by atoms with Gasteiger partial charge in [0.15, 0.2) is 0 Å². The summed E-state index contributed by atoms with van der Waals surface area (Å²) in [6, 6.07) is 0. The average molecular weight is 232 g/mol. The monoisotopic (exact) mass is 232 g/mol. The van der Waals surface area contributed by atoms with E-state index >= 15 is 0 Å². The third kappa shape index (κ3) is 9.89. The topological polar surface area (TPSA) is 70.6 Å². The summed E-state index contributed by atoms with van der Waals surface area (Å²) >= 11 is 0. The van der Waals surface area contributed by atoms with E-state index in [0.29, 0.717) is 26.1 Å². The maximum absolute atomic E-state index is 11.3. The van der Waals surface area contributed by atoms with Crippen LogP contribution in [0.2, 0.25) is 0 Å². The van der Waals surface area contributed by atoms with Gasteiger partial charge in [-0.3, -0.25) is 4.79 Å². The van der Waals surface area contributed by atoms with E-state index in [-0.39, 0.29) is 11.4 Å². The molecule has 0 aliphatic heterocycles. The summed E-state index contributed by atoms with van der Waals surface area (Å²) in [5.74, 6) is -0.0560. The van der Waals surface area contributed by atoms with Crippen LogP contribution in [0.1, 0.15) is 27.2 Å². The largest absolute Gasteiger partial charge is 0.391 e. The van der Waals surface area contributed by atoms with Crippen LogP contribution in [0.5, 0.6) is 0 Å². The molecule has 0 aromatic carbocycles. The second-order valence-corrected chi connectivity index (χ2v) is 4.85. The zero-order valence-corrected chi connectivity index (χ0v) is 10.7. The molecule has 0 rings (SSSR count). The summed E-state index contributed by atoms with van der Waals surface area (Å²) < 4.78 is 4.78. The Hall–Kier alpha value is -0.650. The lowest BCUT2D eigenvalue weighted by Gasteiger charge is -2.20. The van der Waals surface area contributed by atoms with E-state index in [1.54, 1.807) is 0 Å². The van der Waals surface area contributed by atoms with Crippen LogP contribution in [0.3, 0.4) is 0 Å². The second-order valence-electron chi connectivity index (χ2n) is 4.85. The number of rotatable bonds is 7. The van der Waals surface area contributed by atoms with Gasteiger partial charge in [-0.05, 0) is 27.2 Å². The molecule has 0 aromatic rings. The smallest absolute Gasteiger partial charge is 0.233 e. The molecule has 5 nitrogen and oxygen atoms in total. The van der Waals surface area contributed by atoms with Crippen molar-refractivity contribution in [2.45, 2.75) is 38.8 Å². The summed E-state index contributed by atoms with van der Waals surface area (Å²) in [6.07, 6.45) is -0.00405. The van der Waals surface area contributed by atoms with Crippen LogP contribution < -0.4 is 10.6 Å². The first-order valence-corrected chi connectivity index (χ1v) is 5.54. The fourth-order valence-electron chi connectivity index (χ4n) is 1.06. The summed E-state index contributed by atoms with van der Waals surface area (Å²) in [7, 11) is 1.54. The highest BCUT2D eigenvalue weighted by Gasteiger charge is 2.11. The third-order valence-electron chi connectivity index (χ3n) is 1.94. The predicted molar refractivity (Wildman–Crippen MR) is 63.3 cm³/mol. The van der Waals surface area contributed by atoms with Crippen LogP contribution in [-0.2, 0) is 9.53 Å². The second kappa shape index (κ2) is 7.60. The van der Waals surface area contributed by atoms with Crippen molar-refractivity contribution in [3.63, 3.8) is 0 Å². The van der Waals surface area contributed by atoms with Crippen LogP contribution in [0, 0.1) is 0 Å². The van der Waals surface area contributed by atoms with Gasteiger partial charge in [-0.1, -0.05) is 0 Å². The SMILES string of the molecule is COCC(O)CCNC(=O)CNC(C)(C)C. The van der Waals surface area contributed by atoms with Crippen molar-refractivity contribution in [3.05, 3.63) is 0 Å². The third-order valence-corrected chi connectivity index (χ3v) is 1.94. The van der Waals surface area contributed by atoms with Crippen LogP contribution >= 0.6 is 0 Å². The molecule has 5 heteroatoms. The Kier molecular flexibility index (Phi) is 7.29. The fraction of sp³-hybridized carbons (Fsp3) is 0.909. The van der Waals surface area contributed by atoms with Crippen LogP contribution in [0.4, 0.5) is 0 Å². The number of hydrogen-bond donors (Lipinski definition) is 3. The van der Waals surface area contributed by atoms with Gasteiger partial charge in [0, 0.05) is 19.2 Å². The van der Waals surface area contributed by atoms with Gasteiger partial charge in [0.05, 0.1) is 19.3 Å². The number of carbonyl (C=O) groups is 1. The molecular formula is C11H24N2O3. The van der Waals surface area contributed by atoms with Gasteiger partial charge in [-0.25, -0.2) is 0 Å². The van der Waals surface area contributed by atoms with E-state index in [2.05, 4.69) is 10.6 Å². The Morgan fingerprint density at radius 2 is 2.06 bits per heavy atom. The predicted octanol–water partition coefficient (Wildman–Crippen LogP) is -0.112. The lowest BCUT2D eigenvalue weighted by atomic mass is 10.1. The molecule has 0 saturated carbocycles. The van der Waals surface area contributed by atoms with Gasteiger partial charge < -0.3 is 20.5 Å². The van der Waals surface area contributed by atoms with Crippen molar-refractivity contribution in [2.24, 2.45) is 0 Å². The molecule has 0 aromatic heterocycles. The first-order chi connectivity index (χ1) is 7.35. The maximum Gasteiger partial charge on any atom is 0.233 e. The number of ether oxygens (including phenoxy) is 1. The molecule has 1 atom stereocenters. The van der Waals surface area contributed by atoms with Crippen molar-refractivity contribution in [1.82, 2.24) is 10.6 Å². The van der Waals surface area contributed by atoms with Gasteiger partial charge in [-0.15, -0.1) is 0 Å². The van der Waals surface area contributed by atoms with E-state index < -0.39 is 6.10 Å². The molecule has 0 spiro atoms. The number of carbonyl (C=O) groups excluding carboxylic acids is 1. The van der Waals surface area contributed by atoms with E-state index in [1.165, 1.54) is 7.11 Å². The Morgan fingerprint density at radius 3 is 2.56 bits per heavy atom. The number of methoxy groups -OCH3 is 1. The molecule has 0 bridgehead atoms. The molecule has 96 valence electrons. The average Bonchev–Trinajstić information content (AvgIpc) is 2.14. The Labute approximate surface area is 97.6 Å². The van der Waals surface area contributed by atoms with Gasteiger partial charge in [0.25, 0.3) is 0 Å². The van der Waals surface area contributed by atoms with Gasteiger partial charge in [-0.2, -0.15) is 0 Å².